The van der Waals surface area contributed by atoms with Crippen LogP contribution in [0, 0.1) is 13.8 Å². The van der Waals surface area contributed by atoms with Gasteiger partial charge in [-0.2, -0.15) is 0 Å². The van der Waals surface area contributed by atoms with Gasteiger partial charge in [0.05, 0.1) is 155 Å². The van der Waals surface area contributed by atoms with Crippen molar-refractivity contribution in [3.63, 3.8) is 0 Å². The van der Waals surface area contributed by atoms with E-state index in [1.54, 1.807) is 35.1 Å². The second-order valence-corrected chi connectivity index (χ2v) is 33.5. The number of pyridine rings is 2. The number of nitrogens with zero attached hydrogens (tertiary/aromatic N) is 3. The Morgan fingerprint density at radius 3 is 0.726 bits per heavy atom. The van der Waals surface area contributed by atoms with Gasteiger partial charge in [0.1, 0.15) is 37.6 Å². The molecule has 12 aromatic rings. The van der Waals surface area contributed by atoms with Crippen molar-refractivity contribution in [1.29, 1.82) is 0 Å². The fourth-order valence-corrected chi connectivity index (χ4v) is 15.4. The van der Waals surface area contributed by atoms with E-state index in [4.69, 9.17) is 72.0 Å². The van der Waals surface area contributed by atoms with E-state index in [0.717, 1.165) is 62.1 Å². The van der Waals surface area contributed by atoms with Gasteiger partial charge in [-0.25, -0.2) is 0 Å². The summed E-state index contributed by atoms with van der Waals surface area (Å²) in [5.41, 5.74) is 16.0. The van der Waals surface area contributed by atoms with E-state index in [1.165, 1.54) is 0 Å². The lowest BCUT2D eigenvalue weighted by Gasteiger charge is -2.28. The first-order valence-electron chi connectivity index (χ1n) is 46.6. The predicted octanol–water partition coefficient (Wildman–Crippen LogP) is 16.7. The smallest absolute Gasteiger partial charge is 0.294 e. The Morgan fingerprint density at radius 1 is 0.311 bits per heavy atom. The van der Waals surface area contributed by atoms with Crippen LogP contribution < -0.4 is 37.0 Å². The average molecular weight is 1840 g/mol. The van der Waals surface area contributed by atoms with Crippen LogP contribution in [-0.2, 0) is 123 Å². The second-order valence-electron chi connectivity index (χ2n) is 33.5. The van der Waals surface area contributed by atoms with Crippen LogP contribution in [0.3, 0.4) is 0 Å². The van der Waals surface area contributed by atoms with Crippen molar-refractivity contribution in [3.8, 4) is 11.5 Å². The molecule has 0 bridgehead atoms. The highest BCUT2D eigenvalue weighted by atomic mass is 16.6. The molecule has 0 saturated carbocycles. The Labute approximate surface area is 793 Å². The molecular formula is C111H130N6O18. The van der Waals surface area contributed by atoms with Gasteiger partial charge in [0.2, 0.25) is 0 Å². The minimum Gasteiger partial charge on any atom is -0.482 e. The third kappa shape index (κ3) is 36.0. The summed E-state index contributed by atoms with van der Waals surface area (Å²) >= 11 is 0. The molecule has 0 aliphatic carbocycles. The van der Waals surface area contributed by atoms with Crippen molar-refractivity contribution >= 4 is 11.8 Å². The van der Waals surface area contributed by atoms with Crippen LogP contribution in [0.2, 0.25) is 0 Å². The summed E-state index contributed by atoms with van der Waals surface area (Å²) in [6.07, 6.45) is -0.957. The number of hydrogen-bond donors (Lipinski definition) is 3. The summed E-state index contributed by atoms with van der Waals surface area (Å²) < 4.78 is 94.7. The van der Waals surface area contributed by atoms with Gasteiger partial charge in [-0.1, -0.05) is 317 Å². The topological polar surface area (TPSA) is 261 Å². The van der Waals surface area contributed by atoms with Gasteiger partial charge in [-0.3, -0.25) is 24.1 Å². The molecule has 0 aliphatic rings. The maximum atomic E-state index is 15.9. The van der Waals surface area contributed by atoms with E-state index in [-0.39, 0.29) is 147 Å². The number of benzene rings is 10. The summed E-state index contributed by atoms with van der Waals surface area (Å²) in [4.78, 5) is 64.3. The molecule has 24 heteroatoms. The zero-order valence-corrected chi connectivity index (χ0v) is 77.8. The molecule has 0 spiro atoms. The number of nitrogens with two attached hydrogens (primary N) is 1. The number of aromatic nitrogens is 2. The number of nitrogens with one attached hydrogen (secondary N) is 2. The number of amides is 2. The number of carbonyl (C=O) groups excluding carboxylic acids is 2. The Balaban J connectivity index is 0.800. The Bertz CT molecular complexity index is 4730. The standard InChI is InChI=1S/C111H130N6O18/c1-4-35-97(112)62-115(58-56-113-108(118)104-60-85(2)116(110(120)106(104)134-71-95-52-31-13-32-53-95)98(73-130-100(77-122-63-87-36-15-5-16-37-87)78-123-64-88-38-17-6-18-39-88)74-131-101(79-124-65-89-40-19-7-20-41-89)80-125-66-90-42-21-8-22-43-90)59-57-114-109(119)105-61-86(3)117(111(121)107(105)135-72-96-54-33-14-34-55-96)99(75-132-102(81-126-67-91-44-23-9-24-45-91)82-127-68-92-46-25-10-26-47-92)76-133-103(83-128-69-93-48-27-11-28-49-93)84-129-70-94-50-29-12-30-51-94/h5-34,36-55,60-61,97-103H,4,35,56-59,62-84,112H2,1-3H3,(H,113,118)(H,114,119). The Morgan fingerprint density at radius 2 is 0.519 bits per heavy atom. The number of rotatable bonds is 64. The summed E-state index contributed by atoms with van der Waals surface area (Å²) in [5.74, 6) is -1.50. The molecule has 2 heterocycles. The Hall–Kier alpha value is -11.9. The zero-order valence-electron chi connectivity index (χ0n) is 77.8. The van der Waals surface area contributed by atoms with E-state index < -0.39 is 59.4 Å². The van der Waals surface area contributed by atoms with Crippen LogP contribution in [0.4, 0.5) is 0 Å². The van der Waals surface area contributed by atoms with E-state index >= 15 is 19.2 Å². The zero-order chi connectivity index (χ0) is 93.9. The van der Waals surface area contributed by atoms with Crippen molar-refractivity contribution in [1.82, 2.24) is 24.7 Å². The lowest BCUT2D eigenvalue weighted by atomic mass is 10.1. The maximum Gasteiger partial charge on any atom is 0.294 e. The second kappa shape index (κ2) is 58.4. The van der Waals surface area contributed by atoms with Crippen molar-refractivity contribution < 1.29 is 75.9 Å². The number of ether oxygens (including phenoxy) is 14. The van der Waals surface area contributed by atoms with Crippen LogP contribution >= 0.6 is 0 Å². The molecule has 2 aromatic heterocycles. The number of aryl methyl sites for hydroxylation is 2. The molecule has 1 atom stereocenters. The third-order valence-electron chi connectivity index (χ3n) is 22.5. The minimum absolute atomic E-state index is 0.0126. The monoisotopic (exact) mass is 1830 g/mol. The molecule has 712 valence electrons. The molecule has 0 fully saturated rings. The molecule has 0 saturated heterocycles. The van der Waals surface area contributed by atoms with Crippen LogP contribution in [0.15, 0.2) is 325 Å². The largest absolute Gasteiger partial charge is 0.482 e. The molecule has 135 heavy (non-hydrogen) atoms. The number of carbonyl (C=O) groups is 2. The molecule has 12 rings (SSSR count). The lowest BCUT2D eigenvalue weighted by Crippen LogP contribution is -2.45. The van der Waals surface area contributed by atoms with Crippen LogP contribution in [0.5, 0.6) is 11.5 Å². The van der Waals surface area contributed by atoms with Gasteiger partial charge in [-0.05, 0) is 88.0 Å². The van der Waals surface area contributed by atoms with E-state index in [0.29, 0.717) is 77.2 Å². The lowest BCUT2D eigenvalue weighted by molar-refractivity contribution is -0.0989. The highest BCUT2D eigenvalue weighted by molar-refractivity contribution is 5.97. The molecular weight excluding hydrogens is 1710 g/mol. The van der Waals surface area contributed by atoms with Crippen molar-refractivity contribution in [2.24, 2.45) is 5.73 Å². The summed E-state index contributed by atoms with van der Waals surface area (Å²) in [7, 11) is 0. The van der Waals surface area contributed by atoms with Crippen molar-refractivity contribution in [2.45, 2.75) is 142 Å². The summed E-state index contributed by atoms with van der Waals surface area (Å²) in [6, 6.07) is 99.2. The van der Waals surface area contributed by atoms with E-state index in [2.05, 4.69) is 22.5 Å². The average Bonchev–Trinajstić information content (AvgIpc) is 0.783. The van der Waals surface area contributed by atoms with Gasteiger partial charge in [0, 0.05) is 50.2 Å². The minimum atomic E-state index is -0.841. The van der Waals surface area contributed by atoms with Crippen LogP contribution in [0.25, 0.3) is 0 Å². The van der Waals surface area contributed by atoms with Gasteiger partial charge < -0.3 is 91.8 Å². The first-order valence-corrected chi connectivity index (χ1v) is 46.6. The fourth-order valence-electron chi connectivity index (χ4n) is 15.4. The summed E-state index contributed by atoms with van der Waals surface area (Å²) in [5, 5.41) is 6.24. The van der Waals surface area contributed by atoms with Gasteiger partial charge >= 0.3 is 0 Å². The van der Waals surface area contributed by atoms with Crippen molar-refractivity contribution in [3.05, 3.63) is 414 Å². The molecule has 2 amide bonds. The first-order chi connectivity index (χ1) is 66.3. The molecule has 4 N–H and O–H groups in total. The third-order valence-corrected chi connectivity index (χ3v) is 22.5. The predicted molar refractivity (Wildman–Crippen MR) is 522 cm³/mol. The summed E-state index contributed by atoms with van der Waals surface area (Å²) in [6.45, 7) is 10.2. The molecule has 10 aromatic carbocycles. The molecule has 0 aliphatic heterocycles. The molecule has 24 nitrogen and oxygen atoms in total. The van der Waals surface area contributed by atoms with E-state index in [1.807, 2.05) is 303 Å². The highest BCUT2D eigenvalue weighted by Gasteiger charge is 2.31. The van der Waals surface area contributed by atoms with Gasteiger partial charge in [-0.15, -0.1) is 0 Å². The van der Waals surface area contributed by atoms with Crippen molar-refractivity contribution in [2.75, 3.05) is 112 Å². The SMILES string of the molecule is CCCC(N)CN(CCNC(=O)c1cc(C)n(C(COC(COCc2ccccc2)COCc2ccccc2)COC(COCc2ccccc2)COCc2ccccc2)c(=O)c1OCc1ccccc1)CCNC(=O)c1cc(C)n(C(COC(COCc2ccccc2)COCc2ccccc2)COC(COCc2ccccc2)COCc2ccccc2)c(=O)c1OCc1ccccc1. The fraction of sp³-hybridized carbons (Fsp3) is 0.351. The van der Waals surface area contributed by atoms with Gasteiger partial charge in [0.15, 0.2) is 11.5 Å². The quantitative estimate of drug-likeness (QED) is 0.0320. The van der Waals surface area contributed by atoms with Gasteiger partial charge in [0.25, 0.3) is 22.9 Å². The first kappa shape index (κ1) is 102. The molecule has 1 unspecified atom stereocenters. The maximum absolute atomic E-state index is 15.9. The Kier molecular flexibility index (Phi) is 44.1. The molecule has 0 radical (unpaired) electrons. The normalized spacial score (nSPS) is 11.8. The van der Waals surface area contributed by atoms with E-state index in [9.17, 15) is 0 Å². The van der Waals surface area contributed by atoms with Crippen LogP contribution in [-0.4, -0.2) is 168 Å². The number of hydrogen-bond acceptors (Lipinski definition) is 20. The highest BCUT2D eigenvalue weighted by Crippen LogP contribution is 2.26. The van der Waals surface area contributed by atoms with Crippen LogP contribution in [0.1, 0.15) is 120 Å².